The van der Waals surface area contributed by atoms with Gasteiger partial charge in [0.15, 0.2) is 0 Å². The highest BCUT2D eigenvalue weighted by atomic mass is 16.5. The van der Waals surface area contributed by atoms with Gasteiger partial charge in [-0.15, -0.1) is 0 Å². The van der Waals surface area contributed by atoms with Gasteiger partial charge in [-0.25, -0.2) is 4.98 Å². The van der Waals surface area contributed by atoms with Gasteiger partial charge in [-0.3, -0.25) is 4.79 Å². The highest BCUT2D eigenvalue weighted by molar-refractivity contribution is 6.13. The van der Waals surface area contributed by atoms with Crippen LogP contribution in [0.2, 0.25) is 0 Å². The Morgan fingerprint density at radius 2 is 1.70 bits per heavy atom. The summed E-state index contributed by atoms with van der Waals surface area (Å²) >= 11 is 0. The maximum atomic E-state index is 13.3. The average Bonchev–Trinajstić information content (AvgIpc) is 2.75. The normalized spacial score (nSPS) is 10.8. The molecule has 0 atom stereocenters. The van der Waals surface area contributed by atoms with Crippen LogP contribution in [-0.4, -0.2) is 17.5 Å². The second kappa shape index (κ2) is 8.37. The molecule has 0 spiro atoms. The summed E-state index contributed by atoms with van der Waals surface area (Å²) in [6, 6.07) is 23.3. The smallest absolute Gasteiger partial charge is 0.256 e. The zero-order chi connectivity index (χ0) is 21.1. The van der Waals surface area contributed by atoms with E-state index in [1.54, 1.807) is 0 Å². The number of benzene rings is 3. The fourth-order valence-electron chi connectivity index (χ4n) is 3.63. The van der Waals surface area contributed by atoms with Gasteiger partial charge in [0.2, 0.25) is 0 Å². The Bertz CT molecular complexity index is 1200. The molecule has 1 heterocycles. The highest BCUT2D eigenvalue weighted by Gasteiger charge is 2.16. The summed E-state index contributed by atoms with van der Waals surface area (Å²) in [5.41, 5.74) is 6.10. The van der Waals surface area contributed by atoms with E-state index in [1.165, 1.54) is 0 Å². The van der Waals surface area contributed by atoms with Crippen LogP contribution < -0.4 is 10.1 Å². The largest absolute Gasteiger partial charge is 0.494 e. The number of carbonyl (C=O) groups excluding carboxylic acids is 1. The van der Waals surface area contributed by atoms with Gasteiger partial charge >= 0.3 is 0 Å². The van der Waals surface area contributed by atoms with E-state index in [2.05, 4.69) is 11.4 Å². The molecule has 3 aromatic carbocycles. The van der Waals surface area contributed by atoms with E-state index in [4.69, 9.17) is 9.72 Å². The molecule has 0 saturated heterocycles. The van der Waals surface area contributed by atoms with Gasteiger partial charge in [0.25, 0.3) is 5.91 Å². The summed E-state index contributed by atoms with van der Waals surface area (Å²) in [6.07, 6.45) is 0. The summed E-state index contributed by atoms with van der Waals surface area (Å²) < 4.78 is 5.48. The van der Waals surface area contributed by atoms with Crippen LogP contribution in [0, 0.1) is 13.8 Å². The van der Waals surface area contributed by atoms with Crippen LogP contribution in [0.5, 0.6) is 5.75 Å². The van der Waals surface area contributed by atoms with E-state index >= 15 is 0 Å². The minimum atomic E-state index is -0.159. The number of aromatic nitrogens is 1. The second-order valence-corrected chi connectivity index (χ2v) is 7.31. The molecule has 1 amide bonds. The van der Waals surface area contributed by atoms with Gasteiger partial charge in [0, 0.05) is 16.6 Å². The molecule has 1 aromatic heterocycles. The van der Waals surface area contributed by atoms with Crippen LogP contribution in [0.25, 0.3) is 22.2 Å². The lowest BCUT2D eigenvalue weighted by molar-refractivity contribution is 0.102. The van der Waals surface area contributed by atoms with E-state index in [0.29, 0.717) is 12.2 Å². The molecule has 0 unspecified atom stereocenters. The predicted molar refractivity (Wildman–Crippen MR) is 122 cm³/mol. The minimum absolute atomic E-state index is 0.159. The van der Waals surface area contributed by atoms with Crippen molar-refractivity contribution in [2.24, 2.45) is 0 Å². The van der Waals surface area contributed by atoms with Crippen LogP contribution in [0.4, 0.5) is 5.69 Å². The molecular weight excluding hydrogens is 372 g/mol. The number of carbonyl (C=O) groups is 1. The van der Waals surface area contributed by atoms with E-state index in [1.807, 2.05) is 87.5 Å². The summed E-state index contributed by atoms with van der Waals surface area (Å²) in [6.45, 7) is 6.62. The Morgan fingerprint density at radius 1 is 0.967 bits per heavy atom. The van der Waals surface area contributed by atoms with Gasteiger partial charge in [-0.1, -0.05) is 42.0 Å². The van der Waals surface area contributed by atoms with Crippen LogP contribution in [0.3, 0.4) is 0 Å². The first kappa shape index (κ1) is 19.6. The Kier molecular flexibility index (Phi) is 5.48. The summed E-state index contributed by atoms with van der Waals surface area (Å²) in [5.74, 6) is 0.621. The van der Waals surface area contributed by atoms with Crippen molar-refractivity contribution in [2.45, 2.75) is 20.8 Å². The molecule has 0 aliphatic heterocycles. The molecule has 150 valence electrons. The van der Waals surface area contributed by atoms with Gasteiger partial charge in [-0.05, 0) is 62.7 Å². The number of pyridine rings is 1. The molecule has 1 N–H and O–H groups in total. The van der Waals surface area contributed by atoms with Crippen LogP contribution in [-0.2, 0) is 0 Å². The molecule has 0 fully saturated rings. The summed E-state index contributed by atoms with van der Waals surface area (Å²) in [4.78, 5) is 18.1. The quantitative estimate of drug-likeness (QED) is 0.439. The molecular formula is C26H24N2O2. The molecule has 0 saturated carbocycles. The van der Waals surface area contributed by atoms with Crippen molar-refractivity contribution in [3.8, 4) is 17.0 Å². The lowest BCUT2D eigenvalue weighted by Crippen LogP contribution is -2.13. The molecule has 0 radical (unpaired) electrons. The maximum Gasteiger partial charge on any atom is 0.256 e. The van der Waals surface area contributed by atoms with Gasteiger partial charge in [-0.2, -0.15) is 0 Å². The van der Waals surface area contributed by atoms with Crippen molar-refractivity contribution < 1.29 is 9.53 Å². The first-order chi connectivity index (χ1) is 14.5. The Morgan fingerprint density at radius 3 is 2.40 bits per heavy atom. The topological polar surface area (TPSA) is 51.2 Å². The number of nitrogens with one attached hydrogen (secondary N) is 1. The fraction of sp³-hybridized carbons (Fsp3) is 0.154. The van der Waals surface area contributed by atoms with Crippen molar-refractivity contribution in [1.82, 2.24) is 4.98 Å². The monoisotopic (exact) mass is 396 g/mol. The molecule has 4 aromatic rings. The Hall–Kier alpha value is -3.66. The fourth-order valence-corrected chi connectivity index (χ4v) is 3.63. The van der Waals surface area contributed by atoms with Gasteiger partial charge in [0.1, 0.15) is 5.75 Å². The van der Waals surface area contributed by atoms with Crippen molar-refractivity contribution in [2.75, 3.05) is 11.9 Å². The Balaban J connectivity index is 1.78. The SMILES string of the molecule is CCOc1ccc(NC(=O)c2cc(-c3ccccc3)nc3c(C)cc(C)cc23)cc1. The van der Waals surface area contributed by atoms with E-state index in [-0.39, 0.29) is 5.91 Å². The van der Waals surface area contributed by atoms with Crippen LogP contribution >= 0.6 is 0 Å². The molecule has 4 heteroatoms. The standard InChI is InChI=1S/C26H24N2O2/c1-4-30-21-12-10-20(11-13-21)27-26(29)23-16-24(19-8-6-5-7-9-19)28-25-18(3)14-17(2)15-22(23)25/h5-16H,4H2,1-3H3,(H,27,29). The summed E-state index contributed by atoms with van der Waals surface area (Å²) in [7, 11) is 0. The third-order valence-corrected chi connectivity index (χ3v) is 4.99. The number of amides is 1. The minimum Gasteiger partial charge on any atom is -0.494 e. The van der Waals surface area contributed by atoms with Gasteiger partial charge in [0.05, 0.1) is 23.4 Å². The molecule has 0 aliphatic carbocycles. The Labute approximate surface area is 176 Å². The second-order valence-electron chi connectivity index (χ2n) is 7.31. The first-order valence-corrected chi connectivity index (χ1v) is 10.1. The third kappa shape index (κ3) is 4.03. The number of anilines is 1. The molecule has 4 rings (SSSR count). The molecule has 4 nitrogen and oxygen atoms in total. The zero-order valence-electron chi connectivity index (χ0n) is 17.4. The van der Waals surface area contributed by atoms with Crippen molar-refractivity contribution in [1.29, 1.82) is 0 Å². The van der Waals surface area contributed by atoms with Crippen molar-refractivity contribution in [3.63, 3.8) is 0 Å². The lowest BCUT2D eigenvalue weighted by atomic mass is 9.99. The maximum absolute atomic E-state index is 13.3. The van der Waals surface area contributed by atoms with E-state index in [9.17, 15) is 4.79 Å². The number of aryl methyl sites for hydroxylation is 2. The number of hydrogen-bond donors (Lipinski definition) is 1. The number of hydrogen-bond acceptors (Lipinski definition) is 3. The lowest BCUT2D eigenvalue weighted by Gasteiger charge is -2.13. The van der Waals surface area contributed by atoms with Crippen LogP contribution in [0.1, 0.15) is 28.4 Å². The van der Waals surface area contributed by atoms with E-state index < -0.39 is 0 Å². The number of fused-ring (bicyclic) bond motifs is 1. The summed E-state index contributed by atoms with van der Waals surface area (Å²) in [5, 5.41) is 3.87. The predicted octanol–water partition coefficient (Wildman–Crippen LogP) is 6.17. The van der Waals surface area contributed by atoms with E-state index in [0.717, 1.165) is 44.7 Å². The number of nitrogens with zero attached hydrogens (tertiary/aromatic N) is 1. The molecule has 0 bridgehead atoms. The highest BCUT2D eigenvalue weighted by Crippen LogP contribution is 2.28. The van der Waals surface area contributed by atoms with Crippen LogP contribution in [0.15, 0.2) is 72.8 Å². The number of rotatable bonds is 5. The van der Waals surface area contributed by atoms with Gasteiger partial charge < -0.3 is 10.1 Å². The van der Waals surface area contributed by atoms with Crippen molar-refractivity contribution >= 4 is 22.5 Å². The molecule has 30 heavy (non-hydrogen) atoms. The molecule has 0 aliphatic rings. The van der Waals surface area contributed by atoms with Crippen molar-refractivity contribution in [3.05, 3.63) is 89.5 Å². The number of ether oxygens (including phenoxy) is 1. The third-order valence-electron chi connectivity index (χ3n) is 4.99. The average molecular weight is 396 g/mol. The first-order valence-electron chi connectivity index (χ1n) is 10.1. The zero-order valence-corrected chi connectivity index (χ0v) is 17.4.